The van der Waals surface area contributed by atoms with Gasteiger partial charge in [-0.2, -0.15) is 5.26 Å². The summed E-state index contributed by atoms with van der Waals surface area (Å²) in [5.74, 6) is 0. The van der Waals surface area contributed by atoms with Gasteiger partial charge in [-0.15, -0.1) is 0 Å². The molecule has 0 aliphatic heterocycles. The molecule has 1 atom stereocenters. The topological polar surface area (TPSA) is 67.2 Å². The van der Waals surface area contributed by atoms with Crippen LogP contribution in [0.4, 0.5) is 5.69 Å². The van der Waals surface area contributed by atoms with Crippen LogP contribution in [0.1, 0.15) is 5.69 Å². The molecule has 1 aromatic heterocycles. The summed E-state index contributed by atoms with van der Waals surface area (Å²) in [5, 5.41) is 11.7. The molecule has 0 saturated heterocycles. The Balaban J connectivity index is 2.44. The monoisotopic (exact) mass is 221 g/mol. The van der Waals surface area contributed by atoms with E-state index in [-0.39, 0.29) is 6.10 Å². The van der Waals surface area contributed by atoms with Crippen molar-refractivity contribution in [2.24, 2.45) is 0 Å². The van der Waals surface area contributed by atoms with Gasteiger partial charge >= 0.3 is 0 Å². The molecule has 0 saturated carbocycles. The maximum Gasteiger partial charge on any atom is 0.140 e. The van der Waals surface area contributed by atoms with Crippen LogP contribution in [0.15, 0.2) is 18.3 Å². The third-order valence-electron chi connectivity index (χ3n) is 2.10. The highest BCUT2D eigenvalue weighted by Crippen LogP contribution is 2.06. The van der Waals surface area contributed by atoms with Crippen molar-refractivity contribution in [1.29, 1.82) is 5.26 Å². The summed E-state index contributed by atoms with van der Waals surface area (Å²) < 4.78 is 10.2. The van der Waals surface area contributed by atoms with E-state index >= 15 is 0 Å². The number of nitriles is 1. The number of nitrogens with one attached hydrogen (secondary N) is 1. The van der Waals surface area contributed by atoms with Gasteiger partial charge in [0.2, 0.25) is 0 Å². The van der Waals surface area contributed by atoms with Crippen molar-refractivity contribution in [2.45, 2.75) is 6.10 Å². The molecule has 0 bridgehead atoms. The quantitative estimate of drug-likeness (QED) is 0.777. The predicted molar refractivity (Wildman–Crippen MR) is 60.1 cm³/mol. The Labute approximate surface area is 95.0 Å². The number of hydrogen-bond donors (Lipinski definition) is 1. The fraction of sp³-hybridized carbons (Fsp3) is 0.455. The Bertz CT molecular complexity index is 345. The first-order chi connectivity index (χ1) is 7.80. The summed E-state index contributed by atoms with van der Waals surface area (Å²) >= 11 is 0. The first-order valence-corrected chi connectivity index (χ1v) is 4.92. The van der Waals surface area contributed by atoms with E-state index in [9.17, 15) is 0 Å². The van der Waals surface area contributed by atoms with Crippen LogP contribution in [0.5, 0.6) is 0 Å². The van der Waals surface area contributed by atoms with Gasteiger partial charge in [-0.1, -0.05) is 0 Å². The summed E-state index contributed by atoms with van der Waals surface area (Å²) in [6.45, 7) is 1.17. The maximum absolute atomic E-state index is 8.59. The van der Waals surface area contributed by atoms with Crippen LogP contribution in [0.2, 0.25) is 0 Å². The third kappa shape index (κ3) is 3.85. The van der Waals surface area contributed by atoms with Crippen molar-refractivity contribution in [2.75, 3.05) is 32.7 Å². The average Bonchev–Trinajstić information content (AvgIpc) is 2.35. The van der Waals surface area contributed by atoms with Crippen LogP contribution in [-0.4, -0.2) is 38.5 Å². The zero-order chi connectivity index (χ0) is 11.8. The van der Waals surface area contributed by atoms with Crippen LogP contribution < -0.4 is 5.32 Å². The molecule has 0 fully saturated rings. The number of ether oxygens (including phenoxy) is 2. The smallest absolute Gasteiger partial charge is 0.140 e. The van der Waals surface area contributed by atoms with Crippen LogP contribution in [0.3, 0.4) is 0 Å². The van der Waals surface area contributed by atoms with E-state index in [4.69, 9.17) is 14.7 Å². The second-order valence-corrected chi connectivity index (χ2v) is 3.24. The van der Waals surface area contributed by atoms with E-state index in [1.165, 1.54) is 0 Å². The lowest BCUT2D eigenvalue weighted by atomic mass is 10.3. The standard InChI is InChI=1S/C11H15N3O2/c1-15-8-11(16-2)7-14-10-4-3-9(5-12)13-6-10/h3-4,6,11,14H,7-8H2,1-2H3. The second kappa shape index (κ2) is 6.77. The third-order valence-corrected chi connectivity index (χ3v) is 2.10. The molecule has 5 nitrogen and oxygen atoms in total. The Morgan fingerprint density at radius 3 is 2.81 bits per heavy atom. The minimum atomic E-state index is 0.000596. The fourth-order valence-corrected chi connectivity index (χ4v) is 1.19. The van der Waals surface area contributed by atoms with Gasteiger partial charge in [0.15, 0.2) is 0 Å². The zero-order valence-corrected chi connectivity index (χ0v) is 9.43. The number of pyridine rings is 1. The van der Waals surface area contributed by atoms with Crippen molar-refractivity contribution in [1.82, 2.24) is 4.98 Å². The minimum Gasteiger partial charge on any atom is -0.382 e. The van der Waals surface area contributed by atoms with Crippen LogP contribution in [-0.2, 0) is 9.47 Å². The number of anilines is 1. The van der Waals surface area contributed by atoms with Gasteiger partial charge in [0, 0.05) is 20.8 Å². The number of rotatable bonds is 6. The normalized spacial score (nSPS) is 11.8. The van der Waals surface area contributed by atoms with Crippen molar-refractivity contribution in [3.63, 3.8) is 0 Å². The van der Waals surface area contributed by atoms with Gasteiger partial charge in [-0.3, -0.25) is 0 Å². The Morgan fingerprint density at radius 1 is 1.50 bits per heavy atom. The van der Waals surface area contributed by atoms with E-state index in [0.717, 1.165) is 5.69 Å². The first kappa shape index (κ1) is 12.4. The summed E-state index contributed by atoms with van der Waals surface area (Å²) in [7, 11) is 3.28. The Hall–Kier alpha value is -1.64. The molecule has 1 aromatic rings. The molecule has 0 aliphatic rings. The molecule has 1 rings (SSSR count). The maximum atomic E-state index is 8.59. The molecule has 1 heterocycles. The molecular formula is C11H15N3O2. The lowest BCUT2D eigenvalue weighted by molar-refractivity contribution is 0.0365. The highest BCUT2D eigenvalue weighted by atomic mass is 16.5. The number of nitrogens with zero attached hydrogens (tertiary/aromatic N) is 2. The minimum absolute atomic E-state index is 0.000596. The number of methoxy groups -OCH3 is 2. The summed E-state index contributed by atoms with van der Waals surface area (Å²) in [6.07, 6.45) is 1.62. The van der Waals surface area contributed by atoms with Crippen LogP contribution in [0, 0.1) is 11.3 Å². The largest absolute Gasteiger partial charge is 0.382 e. The molecule has 1 N–H and O–H groups in total. The van der Waals surface area contributed by atoms with Crippen LogP contribution in [0.25, 0.3) is 0 Å². The first-order valence-electron chi connectivity index (χ1n) is 4.92. The van der Waals surface area contributed by atoms with Gasteiger partial charge in [-0.05, 0) is 12.1 Å². The molecule has 0 aromatic carbocycles. The molecule has 0 amide bonds. The van der Waals surface area contributed by atoms with Crippen molar-refractivity contribution in [3.05, 3.63) is 24.0 Å². The summed E-state index contributed by atoms with van der Waals surface area (Å²) in [6, 6.07) is 5.44. The average molecular weight is 221 g/mol. The molecule has 16 heavy (non-hydrogen) atoms. The SMILES string of the molecule is COCC(CNc1ccc(C#N)nc1)OC. The number of aromatic nitrogens is 1. The van der Waals surface area contributed by atoms with E-state index in [1.54, 1.807) is 26.5 Å². The Kier molecular flexibility index (Phi) is 5.26. The van der Waals surface area contributed by atoms with E-state index < -0.39 is 0 Å². The van der Waals surface area contributed by atoms with Crippen molar-refractivity contribution >= 4 is 5.69 Å². The fourth-order valence-electron chi connectivity index (χ4n) is 1.19. The molecule has 0 aliphatic carbocycles. The van der Waals surface area contributed by atoms with Gasteiger partial charge in [0.25, 0.3) is 0 Å². The zero-order valence-electron chi connectivity index (χ0n) is 9.43. The molecule has 86 valence electrons. The molecule has 0 radical (unpaired) electrons. The Morgan fingerprint density at radius 2 is 2.31 bits per heavy atom. The van der Waals surface area contributed by atoms with Gasteiger partial charge in [0.1, 0.15) is 11.8 Å². The van der Waals surface area contributed by atoms with Gasteiger partial charge in [0.05, 0.1) is 24.6 Å². The molecule has 5 heteroatoms. The van der Waals surface area contributed by atoms with E-state index in [2.05, 4.69) is 10.3 Å². The predicted octanol–water partition coefficient (Wildman–Crippen LogP) is 1.03. The second-order valence-electron chi connectivity index (χ2n) is 3.24. The highest BCUT2D eigenvalue weighted by Gasteiger charge is 2.06. The van der Waals surface area contributed by atoms with Crippen molar-refractivity contribution in [3.8, 4) is 6.07 Å². The van der Waals surface area contributed by atoms with E-state index in [1.807, 2.05) is 12.1 Å². The number of hydrogen-bond acceptors (Lipinski definition) is 5. The highest BCUT2D eigenvalue weighted by molar-refractivity contribution is 5.42. The van der Waals surface area contributed by atoms with Crippen molar-refractivity contribution < 1.29 is 9.47 Å². The summed E-state index contributed by atoms with van der Waals surface area (Å²) in [4.78, 5) is 3.95. The molecule has 1 unspecified atom stereocenters. The van der Waals surface area contributed by atoms with Gasteiger partial charge < -0.3 is 14.8 Å². The van der Waals surface area contributed by atoms with Gasteiger partial charge in [-0.25, -0.2) is 4.98 Å². The lowest BCUT2D eigenvalue weighted by Gasteiger charge is -2.15. The molecule has 0 spiro atoms. The lowest BCUT2D eigenvalue weighted by Crippen LogP contribution is -2.26. The molecular weight excluding hydrogens is 206 g/mol. The van der Waals surface area contributed by atoms with E-state index in [0.29, 0.717) is 18.8 Å². The summed E-state index contributed by atoms with van der Waals surface area (Å²) in [5.41, 5.74) is 1.27. The van der Waals surface area contributed by atoms with Crippen LogP contribution >= 0.6 is 0 Å².